The minimum Gasteiger partial charge on any atom is -0.288 e. The van der Waals surface area contributed by atoms with Crippen LogP contribution in [0.4, 0.5) is 5.69 Å². The van der Waals surface area contributed by atoms with E-state index < -0.39 is 4.92 Å². The van der Waals surface area contributed by atoms with Gasteiger partial charge in [-0.3, -0.25) is 14.9 Å². The average Bonchev–Trinajstić information content (AvgIpc) is 2.56. The highest BCUT2D eigenvalue weighted by molar-refractivity contribution is 5.61. The fourth-order valence-corrected chi connectivity index (χ4v) is 2.15. The van der Waals surface area contributed by atoms with Gasteiger partial charge in [0, 0.05) is 23.8 Å². The summed E-state index contributed by atoms with van der Waals surface area (Å²) in [7, 11) is 0. The number of hydrogen-bond acceptors (Lipinski definition) is 4. The first kappa shape index (κ1) is 13.7. The Kier molecular flexibility index (Phi) is 3.49. The van der Waals surface area contributed by atoms with Crippen LogP contribution in [-0.4, -0.2) is 14.7 Å². The van der Waals surface area contributed by atoms with Crippen molar-refractivity contribution in [1.29, 1.82) is 0 Å². The van der Waals surface area contributed by atoms with Crippen molar-refractivity contribution >= 4 is 5.69 Å². The van der Waals surface area contributed by atoms with Crippen LogP contribution in [0.2, 0.25) is 0 Å². The molecule has 1 heterocycles. The Labute approximate surface area is 125 Å². The lowest BCUT2D eigenvalue weighted by atomic mass is 10.1. The molecule has 0 aliphatic rings. The van der Waals surface area contributed by atoms with E-state index in [4.69, 9.17) is 0 Å². The van der Waals surface area contributed by atoms with Gasteiger partial charge in [-0.25, -0.2) is 4.68 Å². The SMILES string of the molecule is O=c1cnn(-c2ccc([N+](=O)[O-])cc2)c(-c2ccccc2)c1. The fourth-order valence-electron chi connectivity index (χ4n) is 2.15. The molecule has 0 saturated heterocycles. The summed E-state index contributed by atoms with van der Waals surface area (Å²) in [6.07, 6.45) is 1.22. The number of hydrogen-bond donors (Lipinski definition) is 0. The van der Waals surface area contributed by atoms with Gasteiger partial charge in [0.2, 0.25) is 5.43 Å². The van der Waals surface area contributed by atoms with Gasteiger partial charge in [0.15, 0.2) is 0 Å². The van der Waals surface area contributed by atoms with Crippen molar-refractivity contribution < 1.29 is 4.92 Å². The van der Waals surface area contributed by atoms with Crippen LogP contribution in [0.5, 0.6) is 0 Å². The first-order chi connectivity index (χ1) is 10.6. The van der Waals surface area contributed by atoms with Crippen LogP contribution >= 0.6 is 0 Å². The Morgan fingerprint density at radius 1 is 1.00 bits per heavy atom. The first-order valence-electron chi connectivity index (χ1n) is 6.55. The van der Waals surface area contributed by atoms with Crippen molar-refractivity contribution in [2.45, 2.75) is 0 Å². The van der Waals surface area contributed by atoms with Gasteiger partial charge < -0.3 is 0 Å². The van der Waals surface area contributed by atoms with Gasteiger partial charge in [0.25, 0.3) is 5.69 Å². The van der Waals surface area contributed by atoms with Crippen LogP contribution in [0.15, 0.2) is 71.7 Å². The second kappa shape index (κ2) is 5.61. The van der Waals surface area contributed by atoms with E-state index in [1.54, 1.807) is 16.8 Å². The molecule has 6 heteroatoms. The maximum Gasteiger partial charge on any atom is 0.269 e. The summed E-state index contributed by atoms with van der Waals surface area (Å²) in [5.74, 6) is 0. The van der Waals surface area contributed by atoms with Crippen molar-refractivity contribution in [3.63, 3.8) is 0 Å². The number of nitro benzene ring substituents is 1. The molecule has 0 amide bonds. The monoisotopic (exact) mass is 293 g/mol. The molecule has 0 aliphatic carbocycles. The third-order valence-corrected chi connectivity index (χ3v) is 3.18. The molecule has 1 aromatic heterocycles. The molecule has 0 radical (unpaired) electrons. The van der Waals surface area contributed by atoms with Gasteiger partial charge >= 0.3 is 0 Å². The van der Waals surface area contributed by atoms with E-state index in [1.807, 2.05) is 30.3 Å². The molecule has 0 bridgehead atoms. The highest BCUT2D eigenvalue weighted by Gasteiger charge is 2.09. The maximum atomic E-state index is 11.6. The summed E-state index contributed by atoms with van der Waals surface area (Å²) in [6, 6.07) is 16.9. The summed E-state index contributed by atoms with van der Waals surface area (Å²) < 4.78 is 1.58. The van der Waals surface area contributed by atoms with Gasteiger partial charge in [0.1, 0.15) is 0 Å². The van der Waals surface area contributed by atoms with Crippen molar-refractivity contribution in [1.82, 2.24) is 9.78 Å². The Morgan fingerprint density at radius 3 is 2.32 bits per heavy atom. The lowest BCUT2D eigenvalue weighted by Crippen LogP contribution is -2.11. The standard InChI is InChI=1S/C16H11N3O3/c20-15-10-16(12-4-2-1-3-5-12)18(17-11-15)13-6-8-14(9-7-13)19(21)22/h1-11H. The molecule has 108 valence electrons. The molecular weight excluding hydrogens is 282 g/mol. The fraction of sp³-hybridized carbons (Fsp3) is 0. The van der Waals surface area contributed by atoms with Gasteiger partial charge in [-0.05, 0) is 12.1 Å². The van der Waals surface area contributed by atoms with E-state index in [0.29, 0.717) is 11.4 Å². The van der Waals surface area contributed by atoms with E-state index in [0.717, 1.165) is 5.56 Å². The van der Waals surface area contributed by atoms with Crippen LogP contribution in [0.3, 0.4) is 0 Å². The number of non-ortho nitro benzene ring substituents is 1. The molecule has 0 unspecified atom stereocenters. The van der Waals surface area contributed by atoms with Crippen LogP contribution in [-0.2, 0) is 0 Å². The van der Waals surface area contributed by atoms with Crippen LogP contribution in [0.25, 0.3) is 16.9 Å². The van der Waals surface area contributed by atoms with Crippen LogP contribution < -0.4 is 5.43 Å². The summed E-state index contributed by atoms with van der Waals surface area (Å²) in [5, 5.41) is 14.9. The van der Waals surface area contributed by atoms with Crippen molar-refractivity contribution in [2.75, 3.05) is 0 Å². The summed E-state index contributed by atoms with van der Waals surface area (Å²) in [5.41, 5.74) is 1.92. The molecule has 0 spiro atoms. The summed E-state index contributed by atoms with van der Waals surface area (Å²) >= 11 is 0. The topological polar surface area (TPSA) is 78.0 Å². The van der Waals surface area contributed by atoms with E-state index in [-0.39, 0.29) is 11.1 Å². The van der Waals surface area contributed by atoms with Crippen molar-refractivity contribution in [3.8, 4) is 16.9 Å². The number of aromatic nitrogens is 2. The van der Waals surface area contributed by atoms with Gasteiger partial charge in [-0.15, -0.1) is 0 Å². The lowest BCUT2D eigenvalue weighted by Gasteiger charge is -2.11. The second-order valence-electron chi connectivity index (χ2n) is 4.63. The quantitative estimate of drug-likeness (QED) is 0.549. The molecule has 2 aromatic carbocycles. The summed E-state index contributed by atoms with van der Waals surface area (Å²) in [4.78, 5) is 21.9. The van der Waals surface area contributed by atoms with Crippen molar-refractivity contribution in [3.05, 3.63) is 87.2 Å². The molecule has 0 atom stereocenters. The van der Waals surface area contributed by atoms with Gasteiger partial charge in [0.05, 0.1) is 22.5 Å². The Hall–Kier alpha value is -3.28. The molecule has 0 fully saturated rings. The van der Waals surface area contributed by atoms with E-state index >= 15 is 0 Å². The highest BCUT2D eigenvalue weighted by Crippen LogP contribution is 2.21. The number of rotatable bonds is 3. The summed E-state index contributed by atoms with van der Waals surface area (Å²) in [6.45, 7) is 0. The van der Waals surface area contributed by atoms with Crippen molar-refractivity contribution in [2.24, 2.45) is 0 Å². The van der Waals surface area contributed by atoms with Gasteiger partial charge in [-0.1, -0.05) is 30.3 Å². The zero-order valence-corrected chi connectivity index (χ0v) is 11.4. The second-order valence-corrected chi connectivity index (χ2v) is 4.63. The predicted octanol–water partition coefficient (Wildman–Crippen LogP) is 2.81. The average molecular weight is 293 g/mol. The first-order valence-corrected chi connectivity index (χ1v) is 6.55. The smallest absolute Gasteiger partial charge is 0.269 e. The van der Waals surface area contributed by atoms with Crippen LogP contribution in [0, 0.1) is 10.1 Å². The predicted molar refractivity (Wildman–Crippen MR) is 81.9 cm³/mol. The molecule has 22 heavy (non-hydrogen) atoms. The molecule has 0 saturated carbocycles. The zero-order valence-electron chi connectivity index (χ0n) is 11.4. The normalized spacial score (nSPS) is 10.4. The molecule has 6 nitrogen and oxygen atoms in total. The van der Waals surface area contributed by atoms with E-state index in [9.17, 15) is 14.9 Å². The number of nitro groups is 1. The molecule has 0 aliphatic heterocycles. The molecular formula is C16H11N3O3. The molecule has 0 N–H and O–H groups in total. The minimum absolute atomic E-state index is 0.00561. The molecule has 3 aromatic rings. The number of benzene rings is 2. The Morgan fingerprint density at radius 2 is 1.68 bits per heavy atom. The molecule has 3 rings (SSSR count). The maximum absolute atomic E-state index is 11.6. The van der Waals surface area contributed by atoms with Crippen LogP contribution in [0.1, 0.15) is 0 Å². The van der Waals surface area contributed by atoms with E-state index in [1.165, 1.54) is 24.4 Å². The number of nitrogens with zero attached hydrogens (tertiary/aromatic N) is 3. The lowest BCUT2D eigenvalue weighted by molar-refractivity contribution is -0.384. The highest BCUT2D eigenvalue weighted by atomic mass is 16.6. The largest absolute Gasteiger partial charge is 0.288 e. The zero-order chi connectivity index (χ0) is 15.5. The third kappa shape index (κ3) is 2.62. The minimum atomic E-state index is -0.458. The Bertz CT molecular complexity index is 871. The Balaban J connectivity index is 2.15. The van der Waals surface area contributed by atoms with Gasteiger partial charge in [-0.2, -0.15) is 5.10 Å². The third-order valence-electron chi connectivity index (χ3n) is 3.18. The van der Waals surface area contributed by atoms with E-state index in [2.05, 4.69) is 5.10 Å².